The molecule has 5 N–H and O–H groups in total. The Hall–Kier alpha value is -5.92. The third-order valence-electron chi connectivity index (χ3n) is 7.50. The summed E-state index contributed by atoms with van der Waals surface area (Å²) < 4.78 is 10.3. The zero-order valence-electron chi connectivity index (χ0n) is 28.2. The van der Waals surface area contributed by atoms with E-state index >= 15 is 0 Å². The number of alkyl carbamates (subject to hydrolysis) is 1. The number of aromatic amines is 1. The van der Waals surface area contributed by atoms with Gasteiger partial charge < -0.3 is 40.4 Å². The largest absolute Gasteiger partial charge is 0.480 e. The molecule has 50 heavy (non-hydrogen) atoms. The monoisotopic (exact) mass is 686 g/mol. The van der Waals surface area contributed by atoms with Gasteiger partial charge in [-0.25, -0.2) is 24.2 Å². The lowest BCUT2D eigenvalue weighted by Crippen LogP contribution is -2.48. The average molecular weight is 687 g/mol. The summed E-state index contributed by atoms with van der Waals surface area (Å²) >= 11 is 0. The lowest BCUT2D eigenvalue weighted by molar-refractivity contribution is -0.146. The number of carbonyl (C=O) groups excluding carboxylic acids is 4. The molecular formula is C36H42N6O8. The molecule has 0 aliphatic rings. The van der Waals surface area contributed by atoms with E-state index in [1.54, 1.807) is 55.5 Å². The van der Waals surface area contributed by atoms with Crippen molar-refractivity contribution in [1.29, 1.82) is 0 Å². The van der Waals surface area contributed by atoms with Gasteiger partial charge in [-0.15, -0.1) is 0 Å². The van der Waals surface area contributed by atoms with Crippen molar-refractivity contribution in [2.24, 2.45) is 5.92 Å². The minimum absolute atomic E-state index is 0.0427. The second kappa shape index (κ2) is 18.0. The van der Waals surface area contributed by atoms with Crippen molar-refractivity contribution in [3.8, 4) is 0 Å². The molecule has 1 aromatic heterocycles. The molecule has 0 saturated heterocycles. The SMILES string of the molecule is CCOC(=O)[C@H](CC(C)C)NC(=O)N(Cc1ccc(C(=O)NC[C@H](NC(=O)OCc2ccccc2)C(=O)O)cc1)Cc1nc2ccccc2[nH]1. The van der Waals surface area contributed by atoms with Crippen molar-refractivity contribution in [1.82, 2.24) is 30.8 Å². The van der Waals surface area contributed by atoms with Crippen molar-refractivity contribution < 1.29 is 38.6 Å². The molecule has 2 atom stereocenters. The van der Waals surface area contributed by atoms with Gasteiger partial charge >= 0.3 is 24.1 Å². The lowest BCUT2D eigenvalue weighted by Gasteiger charge is -2.26. The minimum atomic E-state index is -1.43. The Balaban J connectivity index is 1.41. The van der Waals surface area contributed by atoms with E-state index in [2.05, 4.69) is 25.9 Å². The Kier molecular flexibility index (Phi) is 13.3. The molecule has 0 aliphatic heterocycles. The van der Waals surface area contributed by atoms with Gasteiger partial charge in [0.05, 0.1) is 24.2 Å². The minimum Gasteiger partial charge on any atom is -0.480 e. The second-order valence-corrected chi connectivity index (χ2v) is 11.9. The van der Waals surface area contributed by atoms with Gasteiger partial charge in [0.25, 0.3) is 5.91 Å². The van der Waals surface area contributed by atoms with Crippen LogP contribution in [0.25, 0.3) is 11.0 Å². The summed E-state index contributed by atoms with van der Waals surface area (Å²) in [7, 11) is 0. The van der Waals surface area contributed by atoms with Crippen molar-refractivity contribution in [2.75, 3.05) is 13.2 Å². The topological polar surface area (TPSA) is 192 Å². The molecule has 0 unspecified atom stereocenters. The Morgan fingerprint density at radius 1 is 0.840 bits per heavy atom. The number of imidazole rings is 1. The van der Waals surface area contributed by atoms with Gasteiger partial charge in [-0.05, 0) is 54.7 Å². The number of benzene rings is 3. The van der Waals surface area contributed by atoms with Crippen LogP contribution < -0.4 is 16.0 Å². The number of aromatic nitrogens is 2. The number of carboxylic acids is 1. The van der Waals surface area contributed by atoms with Gasteiger partial charge in [-0.3, -0.25) is 4.79 Å². The van der Waals surface area contributed by atoms with E-state index < -0.39 is 42.1 Å². The van der Waals surface area contributed by atoms with Gasteiger partial charge in [0.15, 0.2) is 0 Å². The molecule has 4 rings (SSSR count). The number of esters is 1. The summed E-state index contributed by atoms with van der Waals surface area (Å²) in [4.78, 5) is 72.4. The van der Waals surface area contributed by atoms with Gasteiger partial charge in [0, 0.05) is 18.7 Å². The Morgan fingerprint density at radius 3 is 2.20 bits per heavy atom. The Bertz CT molecular complexity index is 1730. The summed E-state index contributed by atoms with van der Waals surface area (Å²) in [6.45, 7) is 5.55. The van der Waals surface area contributed by atoms with Crippen LogP contribution >= 0.6 is 0 Å². The fourth-order valence-electron chi connectivity index (χ4n) is 5.02. The number of amides is 4. The highest BCUT2D eigenvalue weighted by Gasteiger charge is 2.27. The van der Waals surface area contributed by atoms with E-state index in [0.29, 0.717) is 17.8 Å². The maximum Gasteiger partial charge on any atom is 0.408 e. The molecule has 0 spiro atoms. The fourth-order valence-corrected chi connectivity index (χ4v) is 5.02. The van der Waals surface area contributed by atoms with E-state index in [0.717, 1.165) is 16.6 Å². The number of carboxylic acid groups (broad SMARTS) is 1. The third kappa shape index (κ3) is 11.1. The number of fused-ring (bicyclic) bond motifs is 1. The molecule has 0 fully saturated rings. The number of ether oxygens (including phenoxy) is 2. The summed E-state index contributed by atoms with van der Waals surface area (Å²) in [6.07, 6.45) is -0.547. The highest BCUT2D eigenvalue weighted by atomic mass is 16.5. The summed E-state index contributed by atoms with van der Waals surface area (Å²) in [5.41, 5.74) is 3.20. The highest BCUT2D eigenvalue weighted by molar-refractivity contribution is 5.94. The molecule has 0 radical (unpaired) electrons. The summed E-state index contributed by atoms with van der Waals surface area (Å²) in [5, 5.41) is 17.2. The number of nitrogens with zero attached hydrogens (tertiary/aromatic N) is 2. The number of rotatable bonds is 16. The van der Waals surface area contributed by atoms with Gasteiger partial charge in [-0.2, -0.15) is 0 Å². The number of nitrogens with one attached hydrogen (secondary N) is 4. The van der Waals surface area contributed by atoms with Crippen LogP contribution in [-0.2, 0) is 38.8 Å². The standard InChI is InChI=1S/C36H42N6O8/c1-4-49-34(46)29(18-23(2)3)40-35(47)42(21-31-38-27-12-8-9-13-28(27)39-31)20-24-14-16-26(17-15-24)32(43)37-19-30(33(44)45)41-36(48)50-22-25-10-6-5-7-11-25/h5-17,23,29-30H,4,18-22H2,1-3H3,(H,37,43)(H,38,39)(H,40,47)(H,41,48)(H,44,45)/t29-,30-/m0/s1. The highest BCUT2D eigenvalue weighted by Crippen LogP contribution is 2.16. The maximum absolute atomic E-state index is 13.7. The molecule has 0 saturated carbocycles. The van der Waals surface area contributed by atoms with E-state index in [4.69, 9.17) is 9.47 Å². The zero-order valence-corrected chi connectivity index (χ0v) is 28.2. The molecular weight excluding hydrogens is 644 g/mol. The van der Waals surface area contributed by atoms with Crippen LogP contribution in [0, 0.1) is 5.92 Å². The predicted molar refractivity (Wildman–Crippen MR) is 184 cm³/mol. The van der Waals surface area contributed by atoms with E-state index in [9.17, 15) is 29.1 Å². The van der Waals surface area contributed by atoms with Crippen LogP contribution in [0.4, 0.5) is 9.59 Å². The molecule has 4 amide bonds. The van der Waals surface area contributed by atoms with Crippen molar-refractivity contribution in [2.45, 2.75) is 59.0 Å². The smallest absolute Gasteiger partial charge is 0.408 e. The number of H-pyrrole nitrogens is 1. The number of hydrogen-bond acceptors (Lipinski definition) is 8. The Labute approximate surface area is 289 Å². The van der Waals surface area contributed by atoms with Crippen LogP contribution in [0.1, 0.15) is 54.5 Å². The molecule has 0 aliphatic carbocycles. The van der Waals surface area contributed by atoms with Crippen LogP contribution in [0.5, 0.6) is 0 Å². The van der Waals surface area contributed by atoms with Crippen molar-refractivity contribution in [3.05, 3.63) is 101 Å². The second-order valence-electron chi connectivity index (χ2n) is 11.9. The maximum atomic E-state index is 13.7. The molecule has 14 nitrogen and oxygen atoms in total. The van der Waals surface area contributed by atoms with Crippen LogP contribution in [-0.4, -0.2) is 75.2 Å². The lowest BCUT2D eigenvalue weighted by atomic mass is 10.0. The molecule has 14 heteroatoms. The number of aliphatic carboxylic acids is 1. The molecule has 1 heterocycles. The van der Waals surface area contributed by atoms with Crippen molar-refractivity contribution >= 4 is 41.0 Å². The first kappa shape index (κ1) is 36.9. The number of urea groups is 1. The quantitative estimate of drug-likeness (QED) is 0.107. The van der Waals surface area contributed by atoms with Crippen LogP contribution in [0.2, 0.25) is 0 Å². The third-order valence-corrected chi connectivity index (χ3v) is 7.50. The fraction of sp³-hybridized carbons (Fsp3) is 0.333. The molecule has 4 aromatic rings. The zero-order chi connectivity index (χ0) is 36.0. The number of hydrogen-bond donors (Lipinski definition) is 5. The first-order valence-electron chi connectivity index (χ1n) is 16.2. The van der Waals surface area contributed by atoms with Gasteiger partial charge in [-0.1, -0.05) is 68.4 Å². The summed E-state index contributed by atoms with van der Waals surface area (Å²) in [5.74, 6) is -1.77. The van der Waals surface area contributed by atoms with Gasteiger partial charge in [0.1, 0.15) is 24.5 Å². The predicted octanol–water partition coefficient (Wildman–Crippen LogP) is 4.36. The van der Waals surface area contributed by atoms with E-state index in [1.165, 1.54) is 4.90 Å². The van der Waals surface area contributed by atoms with Gasteiger partial charge in [0.2, 0.25) is 0 Å². The molecule has 264 valence electrons. The van der Waals surface area contributed by atoms with Crippen LogP contribution in [0.15, 0.2) is 78.9 Å². The average Bonchev–Trinajstić information content (AvgIpc) is 3.51. The summed E-state index contributed by atoms with van der Waals surface area (Å²) in [6, 6.07) is 20.0. The number of para-hydroxylation sites is 2. The first-order chi connectivity index (χ1) is 24.0. The first-order valence-corrected chi connectivity index (χ1v) is 16.2. The number of carbonyl (C=O) groups is 5. The van der Waals surface area contributed by atoms with Crippen LogP contribution in [0.3, 0.4) is 0 Å². The van der Waals surface area contributed by atoms with Crippen molar-refractivity contribution in [3.63, 3.8) is 0 Å². The molecule has 3 aromatic carbocycles. The van der Waals surface area contributed by atoms with E-state index in [1.807, 2.05) is 44.2 Å². The Morgan fingerprint density at radius 2 is 1.54 bits per heavy atom. The molecule has 0 bridgehead atoms. The van der Waals surface area contributed by atoms with E-state index in [-0.39, 0.29) is 44.3 Å². The normalized spacial score (nSPS) is 12.1.